The molecule has 5 unspecified atom stereocenters. The van der Waals surface area contributed by atoms with Crippen LogP contribution in [0.15, 0.2) is 45.6 Å². The van der Waals surface area contributed by atoms with Gasteiger partial charge in [-0.05, 0) is 6.42 Å². The second kappa shape index (κ2) is 22.8. The molecular weight excluding hydrogens is 1140 g/mol. The number of carbonyl (C=O) groups excluding carboxylic acids is 1. The minimum absolute atomic E-state index is 0.000384. The number of nitrogens with two attached hydrogens (primary N) is 2. The van der Waals surface area contributed by atoms with Crippen LogP contribution in [0.25, 0.3) is 22.3 Å². The Balaban J connectivity index is 0.950. The third-order valence-electron chi connectivity index (χ3n) is 12.3. The number of aliphatic hydroxyl groups excluding tert-OH is 3. The molecule has 8 heterocycles. The number of aromatic amines is 2. The number of rotatable bonds is 22. The quantitative estimate of drug-likeness (QED) is 0.0234. The number of aryl methyl sites for hydroxylation is 1. The number of ether oxygens (including phenoxy) is 4. The van der Waals surface area contributed by atoms with Gasteiger partial charge >= 0.3 is 42.6 Å². The first-order valence-electron chi connectivity index (χ1n) is 22.6. The molecule has 1 amide bonds. The number of amides is 1. The molecule has 0 bridgehead atoms. The number of nitrogen functional groups attached to an aromatic ring is 2. The number of H-pyrrole nitrogens is 2. The molecule has 3 fully saturated rings. The Bertz CT molecular complexity index is 3430. The summed E-state index contributed by atoms with van der Waals surface area (Å²) in [6.45, 7) is -3.31. The van der Waals surface area contributed by atoms with E-state index in [9.17, 15) is 72.3 Å². The van der Waals surface area contributed by atoms with E-state index < -0.39 is 141 Å². The number of methoxy groups -OCH3 is 1. The lowest BCUT2D eigenvalue weighted by molar-refractivity contribution is -0.745. The van der Waals surface area contributed by atoms with E-state index in [1.165, 1.54) is 46.1 Å². The van der Waals surface area contributed by atoms with Gasteiger partial charge in [-0.1, -0.05) is 4.98 Å². The van der Waals surface area contributed by atoms with E-state index in [1.54, 1.807) is 0 Å². The number of aromatic nitrogens is 10. The zero-order chi connectivity index (χ0) is 57.0. The van der Waals surface area contributed by atoms with Crippen molar-refractivity contribution in [1.82, 2.24) is 48.5 Å². The smallest absolute Gasteiger partial charge is 0.387 e. The Hall–Kier alpha value is -5.11. The summed E-state index contributed by atoms with van der Waals surface area (Å²) < 4.78 is 110. The molecule has 430 valence electrons. The first kappa shape index (κ1) is 59.0. The van der Waals surface area contributed by atoms with E-state index in [0.29, 0.717) is 0 Å². The van der Waals surface area contributed by atoms with Gasteiger partial charge in [-0.25, -0.2) is 42.6 Å². The number of fused-ring (bicyclic) bond motifs is 2. The van der Waals surface area contributed by atoms with Crippen molar-refractivity contribution in [2.75, 3.05) is 52.5 Å². The lowest BCUT2D eigenvalue weighted by atomic mass is 9.92. The zero-order valence-electron chi connectivity index (χ0n) is 40.8. The molecule has 3 aliphatic rings. The maximum atomic E-state index is 13.6. The van der Waals surface area contributed by atoms with Crippen molar-refractivity contribution in [2.24, 2.45) is 13.0 Å². The summed E-state index contributed by atoms with van der Waals surface area (Å²) in [5, 5.41) is 32.8. The summed E-state index contributed by atoms with van der Waals surface area (Å²) in [6, 6.07) is 0.922. The highest BCUT2D eigenvalue weighted by Crippen LogP contribution is 2.68. The fraction of sp³-hybridized carbons (Fsp3) is 0.583. The number of nitrogens with zero attached hydrogens (tertiary/aromatic N) is 9. The van der Waals surface area contributed by atoms with Crippen LogP contribution in [0.1, 0.15) is 31.5 Å². The Morgan fingerprint density at radius 1 is 0.808 bits per heavy atom. The summed E-state index contributed by atoms with van der Waals surface area (Å²) in [6.07, 6.45) is -13.9. The Morgan fingerprint density at radius 2 is 1.45 bits per heavy atom. The summed E-state index contributed by atoms with van der Waals surface area (Å²) in [4.78, 5) is 114. The van der Waals surface area contributed by atoms with Crippen molar-refractivity contribution < 1.29 is 108 Å². The molecule has 0 aliphatic carbocycles. The molecule has 38 nitrogen and oxygen atoms in total. The molecule has 8 rings (SSSR count). The molecular formula is C36H52N13O25P4+. The molecule has 42 heteroatoms. The summed E-state index contributed by atoms with van der Waals surface area (Å²) in [5.41, 5.74) is 9.22. The van der Waals surface area contributed by atoms with Crippen molar-refractivity contribution in [1.29, 1.82) is 0 Å². The minimum Gasteiger partial charge on any atom is -0.387 e. The molecule has 0 spiro atoms. The average molecular weight is 1190 g/mol. The highest BCUT2D eigenvalue weighted by atomic mass is 31.3. The van der Waals surface area contributed by atoms with Crippen LogP contribution >= 0.6 is 31.3 Å². The standard InChI is InChI=1S/C36H51N13O25P4/c1-45(2)20(51)6-5-15-16(69-32(23(15)52)49-14-46(3)22-30(49)43-35(38)44-31(22)55)9-67-76(59,60)73-78(63,64)74-77(61,62)68-11-18-26(27(65-4)34(71-18)48-13-41-21-28(37)39-12-40-29(21)48)72-75(57,58)66-10-17-24(53)25(54)33(70-17)47-8-7-19(50)42-36(47)56/h7-8,12-18,23-27,32-34,52-54H,5-6,9-11H2,1-4H3,(H9-,37,38,39,40,42,43,44,50,55,56,57,58,59,60,61,62,63,64)/p+1/t15-,16-,17-,18-,23-,24-,25-,26-,27-,32?,33-,34-/m1/s1. The van der Waals surface area contributed by atoms with Gasteiger partial charge in [-0.3, -0.25) is 56.1 Å². The molecule has 0 saturated carbocycles. The number of phosphoric acid groups is 4. The predicted octanol–water partition coefficient (Wildman–Crippen LogP) is -3.75. The largest absolute Gasteiger partial charge is 0.490 e. The van der Waals surface area contributed by atoms with Gasteiger partial charge in [0.1, 0.15) is 54.6 Å². The van der Waals surface area contributed by atoms with Crippen LogP contribution in [0.5, 0.6) is 0 Å². The fourth-order valence-electron chi connectivity index (χ4n) is 8.75. The maximum absolute atomic E-state index is 13.6. The molecule has 5 aromatic rings. The highest BCUT2D eigenvalue weighted by molar-refractivity contribution is 7.66. The molecule has 78 heavy (non-hydrogen) atoms. The zero-order valence-corrected chi connectivity index (χ0v) is 44.4. The number of imidazole rings is 2. The van der Waals surface area contributed by atoms with Crippen molar-refractivity contribution in [3.8, 4) is 0 Å². The second-order valence-electron chi connectivity index (χ2n) is 17.7. The molecule has 0 radical (unpaired) electrons. The average Bonchev–Trinajstić information content (AvgIpc) is 4.17. The van der Waals surface area contributed by atoms with Crippen LogP contribution in [0.2, 0.25) is 0 Å². The van der Waals surface area contributed by atoms with Crippen LogP contribution < -0.4 is 32.8 Å². The molecule has 3 aliphatic heterocycles. The number of nitrogens with one attached hydrogen (secondary N) is 2. The third-order valence-corrected chi connectivity index (χ3v) is 17.6. The van der Waals surface area contributed by atoms with E-state index in [-0.39, 0.29) is 52.8 Å². The third kappa shape index (κ3) is 12.7. The second-order valence-corrected chi connectivity index (χ2v) is 23.8. The number of anilines is 2. The number of carbonyl (C=O) groups is 1. The first-order valence-corrected chi connectivity index (χ1v) is 28.6. The lowest BCUT2D eigenvalue weighted by Crippen LogP contribution is -2.45. The van der Waals surface area contributed by atoms with Crippen LogP contribution in [0.3, 0.4) is 0 Å². The van der Waals surface area contributed by atoms with Gasteiger partial charge in [-0.15, -0.1) is 0 Å². The minimum atomic E-state index is -6.23. The molecule has 5 aromatic heterocycles. The van der Waals surface area contributed by atoms with Crippen LogP contribution in [0, 0.1) is 5.92 Å². The molecule has 16 atom stereocenters. The van der Waals surface area contributed by atoms with Crippen LogP contribution in [-0.4, -0.2) is 179 Å². The number of aliphatic hydroxyl groups is 3. The van der Waals surface area contributed by atoms with Gasteiger partial charge in [0.2, 0.25) is 17.7 Å². The van der Waals surface area contributed by atoms with E-state index in [2.05, 4.69) is 33.5 Å². The topological polar surface area (TPSA) is 528 Å². The van der Waals surface area contributed by atoms with Crippen molar-refractivity contribution >= 4 is 71.3 Å². The van der Waals surface area contributed by atoms with E-state index in [4.69, 9.17) is 48.5 Å². The van der Waals surface area contributed by atoms with E-state index in [1.807, 2.05) is 4.98 Å². The summed E-state index contributed by atoms with van der Waals surface area (Å²) in [5.74, 6) is -1.86. The van der Waals surface area contributed by atoms with Crippen LogP contribution in [-0.2, 0) is 75.8 Å². The molecule has 13 N–H and O–H groups in total. The van der Waals surface area contributed by atoms with Gasteiger partial charge in [0.15, 0.2) is 30.2 Å². The highest BCUT2D eigenvalue weighted by Gasteiger charge is 2.54. The summed E-state index contributed by atoms with van der Waals surface area (Å²) in [7, 11) is -18.0. The maximum Gasteiger partial charge on any atom is 0.490 e. The lowest BCUT2D eigenvalue weighted by Gasteiger charge is -2.26. The molecule has 0 aromatic carbocycles. The summed E-state index contributed by atoms with van der Waals surface area (Å²) >= 11 is 0. The van der Waals surface area contributed by atoms with Crippen molar-refractivity contribution in [3.05, 3.63) is 62.4 Å². The van der Waals surface area contributed by atoms with Crippen molar-refractivity contribution in [3.63, 3.8) is 0 Å². The first-order chi connectivity index (χ1) is 36.5. The van der Waals surface area contributed by atoms with E-state index in [0.717, 1.165) is 36.6 Å². The van der Waals surface area contributed by atoms with Gasteiger partial charge in [0.05, 0.1) is 39.3 Å². The predicted molar refractivity (Wildman–Crippen MR) is 253 cm³/mol. The normalized spacial score (nSPS) is 29.6. The molecule has 3 saturated heterocycles. The number of hydrogen-bond acceptors (Lipinski definition) is 27. The van der Waals surface area contributed by atoms with Crippen LogP contribution in [0.4, 0.5) is 11.8 Å². The Morgan fingerprint density at radius 3 is 2.10 bits per heavy atom. The van der Waals surface area contributed by atoms with Gasteiger partial charge in [0, 0.05) is 45.8 Å². The Labute approximate surface area is 435 Å². The van der Waals surface area contributed by atoms with E-state index >= 15 is 0 Å². The number of hydrogen-bond donors (Lipinski definition) is 11. The Kier molecular flexibility index (Phi) is 17.2. The fourth-order valence-corrected chi connectivity index (χ4v) is 13.2. The van der Waals surface area contributed by atoms with Gasteiger partial charge in [0.25, 0.3) is 17.1 Å². The monoisotopic (exact) mass is 1190 g/mol. The van der Waals surface area contributed by atoms with Gasteiger partial charge in [-0.2, -0.15) is 8.62 Å². The van der Waals surface area contributed by atoms with Gasteiger partial charge < -0.3 is 70.2 Å². The number of phosphoric ester groups is 3. The van der Waals surface area contributed by atoms with Crippen molar-refractivity contribution in [2.45, 2.75) is 80.4 Å². The SMILES string of the molecule is CO[C@@H]1[C@H](OP(=O)(O)OC[C@H]2O[C@@H](n3ccc(=O)[nH]c3=O)[C@H](O)[C@@H]2O)[C@@H](COP(=O)(O)OP(=O)(O)OP(=O)(O)OC[C@H]2OC([n+]3cn(C)c4c(=O)[nH]c(N)nc43)[C@H](O)[C@@H]2CCC(=O)N(C)C)O[C@H]1n1cnc2c(N)ncnc21.